The van der Waals surface area contributed by atoms with Crippen molar-refractivity contribution in [3.05, 3.63) is 64.7 Å². The highest BCUT2D eigenvalue weighted by atomic mass is 32.2. The molecule has 0 bridgehead atoms. The molecular formula is C18H23NO2S. The third kappa shape index (κ3) is 3.76. The Morgan fingerprint density at radius 3 is 2.09 bits per heavy atom. The molecule has 118 valence electrons. The Hall–Kier alpha value is -1.65. The molecule has 1 N–H and O–H groups in total. The van der Waals surface area contributed by atoms with Crippen LogP contribution in [0.5, 0.6) is 0 Å². The Balaban J connectivity index is 2.31. The summed E-state index contributed by atoms with van der Waals surface area (Å²) in [7, 11) is -3.53. The van der Waals surface area contributed by atoms with Crippen molar-refractivity contribution in [2.75, 3.05) is 0 Å². The lowest BCUT2D eigenvalue weighted by Gasteiger charge is -2.19. The van der Waals surface area contributed by atoms with E-state index < -0.39 is 10.0 Å². The highest BCUT2D eigenvalue weighted by Gasteiger charge is 2.21. The molecule has 0 aliphatic heterocycles. The molecule has 2 aromatic carbocycles. The van der Waals surface area contributed by atoms with Gasteiger partial charge in [0.1, 0.15) is 0 Å². The van der Waals surface area contributed by atoms with Crippen LogP contribution in [-0.4, -0.2) is 8.42 Å². The summed E-state index contributed by atoms with van der Waals surface area (Å²) in [6.07, 6.45) is 0.702. The largest absolute Gasteiger partial charge is 0.241 e. The van der Waals surface area contributed by atoms with Gasteiger partial charge in [0.25, 0.3) is 0 Å². The zero-order chi connectivity index (χ0) is 16.3. The third-order valence-corrected chi connectivity index (χ3v) is 5.44. The Morgan fingerprint density at radius 2 is 1.55 bits per heavy atom. The van der Waals surface area contributed by atoms with E-state index in [4.69, 9.17) is 0 Å². The summed E-state index contributed by atoms with van der Waals surface area (Å²) in [6, 6.07) is 13.1. The Bertz CT molecular complexity index is 749. The van der Waals surface area contributed by atoms with Gasteiger partial charge in [0, 0.05) is 6.04 Å². The summed E-state index contributed by atoms with van der Waals surface area (Å²) < 4.78 is 28.2. The van der Waals surface area contributed by atoms with Gasteiger partial charge >= 0.3 is 0 Å². The van der Waals surface area contributed by atoms with E-state index in [-0.39, 0.29) is 6.04 Å². The first-order chi connectivity index (χ1) is 10.3. The number of rotatable bonds is 5. The van der Waals surface area contributed by atoms with Crippen molar-refractivity contribution in [1.29, 1.82) is 0 Å². The van der Waals surface area contributed by atoms with Crippen LogP contribution in [0.2, 0.25) is 0 Å². The van der Waals surface area contributed by atoms with Crippen molar-refractivity contribution >= 4 is 10.0 Å². The molecule has 1 atom stereocenters. The molecule has 2 rings (SSSR count). The maximum Gasteiger partial charge on any atom is 0.241 e. The van der Waals surface area contributed by atoms with Crippen LogP contribution in [0.4, 0.5) is 0 Å². The summed E-state index contributed by atoms with van der Waals surface area (Å²) >= 11 is 0. The van der Waals surface area contributed by atoms with Crippen LogP contribution in [0, 0.1) is 20.8 Å². The second-order valence-corrected chi connectivity index (χ2v) is 7.44. The van der Waals surface area contributed by atoms with Gasteiger partial charge in [-0.05, 0) is 44.4 Å². The molecule has 2 aromatic rings. The van der Waals surface area contributed by atoms with Crippen LogP contribution in [0.25, 0.3) is 0 Å². The molecule has 4 heteroatoms. The van der Waals surface area contributed by atoms with Crippen LogP contribution in [-0.2, 0) is 10.0 Å². The van der Waals surface area contributed by atoms with Gasteiger partial charge in [-0.15, -0.1) is 0 Å². The van der Waals surface area contributed by atoms with E-state index in [0.29, 0.717) is 11.3 Å². The Kier molecular flexibility index (Phi) is 5.04. The summed E-state index contributed by atoms with van der Waals surface area (Å²) in [5.74, 6) is 0. The first kappa shape index (κ1) is 16.7. The van der Waals surface area contributed by atoms with Gasteiger partial charge < -0.3 is 0 Å². The van der Waals surface area contributed by atoms with Crippen LogP contribution in [0.15, 0.2) is 47.4 Å². The van der Waals surface area contributed by atoms with Crippen molar-refractivity contribution in [2.24, 2.45) is 0 Å². The van der Waals surface area contributed by atoms with Gasteiger partial charge in [0.05, 0.1) is 4.90 Å². The normalized spacial score (nSPS) is 13.1. The highest BCUT2D eigenvalue weighted by Crippen LogP contribution is 2.22. The molecular weight excluding hydrogens is 294 g/mol. The van der Waals surface area contributed by atoms with Gasteiger partial charge in [-0.1, -0.05) is 54.4 Å². The maximum atomic E-state index is 12.7. The third-order valence-electron chi connectivity index (χ3n) is 3.81. The van der Waals surface area contributed by atoms with E-state index in [9.17, 15) is 8.42 Å². The van der Waals surface area contributed by atoms with Gasteiger partial charge in [-0.3, -0.25) is 0 Å². The van der Waals surface area contributed by atoms with Crippen molar-refractivity contribution in [3.8, 4) is 0 Å². The minimum Gasteiger partial charge on any atom is -0.207 e. The Labute approximate surface area is 133 Å². The fourth-order valence-electron chi connectivity index (χ4n) is 2.54. The summed E-state index contributed by atoms with van der Waals surface area (Å²) in [6.45, 7) is 7.78. The van der Waals surface area contributed by atoms with Crippen LogP contribution in [0.1, 0.15) is 41.6 Å². The SMILES string of the molecule is CCC(NS(=O)(=O)c1ccc(C)cc1C)c1ccc(C)cc1. The average Bonchev–Trinajstić information content (AvgIpc) is 2.45. The number of sulfonamides is 1. The molecule has 0 saturated carbocycles. The molecule has 1 unspecified atom stereocenters. The van der Waals surface area contributed by atoms with E-state index in [1.165, 1.54) is 0 Å². The summed E-state index contributed by atoms with van der Waals surface area (Å²) in [5, 5.41) is 0. The zero-order valence-electron chi connectivity index (χ0n) is 13.6. The number of hydrogen-bond donors (Lipinski definition) is 1. The fourth-order valence-corrected chi connectivity index (χ4v) is 4.07. The quantitative estimate of drug-likeness (QED) is 0.904. The molecule has 0 aromatic heterocycles. The first-order valence-corrected chi connectivity index (χ1v) is 8.98. The minimum absolute atomic E-state index is 0.216. The molecule has 0 radical (unpaired) electrons. The second-order valence-electron chi connectivity index (χ2n) is 5.76. The maximum absolute atomic E-state index is 12.7. The minimum atomic E-state index is -3.53. The molecule has 0 heterocycles. The van der Waals surface area contributed by atoms with Gasteiger partial charge in [0.15, 0.2) is 0 Å². The van der Waals surface area contributed by atoms with Crippen molar-refractivity contribution in [2.45, 2.75) is 45.1 Å². The smallest absolute Gasteiger partial charge is 0.207 e. The van der Waals surface area contributed by atoms with Crippen LogP contribution in [0.3, 0.4) is 0 Å². The van der Waals surface area contributed by atoms with E-state index in [1.54, 1.807) is 6.07 Å². The van der Waals surface area contributed by atoms with Gasteiger partial charge in [-0.25, -0.2) is 13.1 Å². The highest BCUT2D eigenvalue weighted by molar-refractivity contribution is 7.89. The predicted octanol–water partition coefficient (Wildman–Crippen LogP) is 4.04. The van der Waals surface area contributed by atoms with Crippen molar-refractivity contribution < 1.29 is 8.42 Å². The number of nitrogens with one attached hydrogen (secondary N) is 1. The molecule has 0 aliphatic rings. The van der Waals surface area contributed by atoms with E-state index in [0.717, 1.165) is 22.3 Å². The van der Waals surface area contributed by atoms with Gasteiger partial charge in [0.2, 0.25) is 10.0 Å². The molecule has 3 nitrogen and oxygen atoms in total. The lowest BCUT2D eigenvalue weighted by Crippen LogP contribution is -2.28. The number of benzene rings is 2. The summed E-state index contributed by atoms with van der Waals surface area (Å²) in [5.41, 5.74) is 3.98. The molecule has 0 amide bonds. The molecule has 0 aliphatic carbocycles. The fraction of sp³-hybridized carbons (Fsp3) is 0.333. The monoisotopic (exact) mass is 317 g/mol. The lowest BCUT2D eigenvalue weighted by atomic mass is 10.0. The molecule has 0 fully saturated rings. The molecule has 0 saturated heterocycles. The van der Waals surface area contributed by atoms with Crippen LogP contribution < -0.4 is 4.72 Å². The van der Waals surface area contributed by atoms with Crippen molar-refractivity contribution in [1.82, 2.24) is 4.72 Å². The molecule has 22 heavy (non-hydrogen) atoms. The topological polar surface area (TPSA) is 46.2 Å². The second kappa shape index (κ2) is 6.63. The standard InChI is InChI=1S/C18H23NO2S/c1-5-17(16-9-6-13(2)7-10-16)19-22(20,21)18-11-8-14(3)12-15(18)4/h6-12,17,19H,5H2,1-4H3. The van der Waals surface area contributed by atoms with E-state index in [2.05, 4.69) is 4.72 Å². The molecule has 0 spiro atoms. The summed E-state index contributed by atoms with van der Waals surface area (Å²) in [4.78, 5) is 0.351. The van der Waals surface area contributed by atoms with Crippen molar-refractivity contribution in [3.63, 3.8) is 0 Å². The lowest BCUT2D eigenvalue weighted by molar-refractivity contribution is 0.549. The van der Waals surface area contributed by atoms with Crippen LogP contribution >= 0.6 is 0 Å². The first-order valence-electron chi connectivity index (χ1n) is 7.49. The van der Waals surface area contributed by atoms with E-state index >= 15 is 0 Å². The van der Waals surface area contributed by atoms with Gasteiger partial charge in [-0.2, -0.15) is 0 Å². The average molecular weight is 317 g/mol. The Morgan fingerprint density at radius 1 is 0.955 bits per heavy atom. The number of hydrogen-bond acceptors (Lipinski definition) is 2. The predicted molar refractivity (Wildman–Crippen MR) is 90.4 cm³/mol. The number of aryl methyl sites for hydroxylation is 3. The zero-order valence-corrected chi connectivity index (χ0v) is 14.4. The van der Waals surface area contributed by atoms with E-state index in [1.807, 2.05) is 64.1 Å².